The highest BCUT2D eigenvalue weighted by atomic mass is 16.5. The van der Waals surface area contributed by atoms with Crippen molar-refractivity contribution in [3.8, 4) is 0 Å². The summed E-state index contributed by atoms with van der Waals surface area (Å²) in [4.78, 5) is 38.8. The van der Waals surface area contributed by atoms with Crippen LogP contribution in [-0.4, -0.2) is 48.4 Å². The number of Topliss-reactive ketones (excluding diaryl/α,β-unsaturated/α-hetero) is 1. The molecule has 1 amide bonds. The third kappa shape index (κ3) is 6.51. The summed E-state index contributed by atoms with van der Waals surface area (Å²) >= 11 is 0. The molecule has 0 radical (unpaired) electrons. The maximum Gasteiger partial charge on any atom is 0.328 e. The predicted octanol–water partition coefficient (Wildman–Crippen LogP) is 4.27. The molecule has 4 saturated carbocycles. The number of nitrogens with two attached hydrogens (primary N) is 2. The molecule has 7 N–H and O–H groups in total. The van der Waals surface area contributed by atoms with E-state index in [2.05, 4.69) is 24.5 Å². The number of hydrogen-bond donors (Lipinski definition) is 5. The van der Waals surface area contributed by atoms with Crippen LogP contribution in [0.4, 0.5) is 0 Å². The van der Waals surface area contributed by atoms with E-state index >= 15 is 0 Å². The van der Waals surface area contributed by atoms with Gasteiger partial charge >= 0.3 is 5.97 Å². The van der Waals surface area contributed by atoms with Crippen LogP contribution in [-0.2, 0) is 19.1 Å². The Morgan fingerprint density at radius 1 is 1.02 bits per heavy atom. The number of hydrogen-bond acceptors (Lipinski definition) is 6. The van der Waals surface area contributed by atoms with Gasteiger partial charge < -0.3 is 26.8 Å². The molecule has 9 nitrogen and oxygen atoms in total. The van der Waals surface area contributed by atoms with Gasteiger partial charge in [-0.3, -0.25) is 15.0 Å². The van der Waals surface area contributed by atoms with E-state index in [-0.39, 0.29) is 46.6 Å². The molecule has 0 aromatic heterocycles. The topological polar surface area (TPSA) is 160 Å². The largest absolute Gasteiger partial charge is 0.461 e. The molecule has 0 aromatic carbocycles. The molecule has 4 rings (SSSR count). The van der Waals surface area contributed by atoms with Gasteiger partial charge in [-0.1, -0.05) is 34.1 Å². The maximum atomic E-state index is 13.5. The van der Waals surface area contributed by atoms with Crippen LogP contribution < -0.4 is 22.1 Å². The zero-order chi connectivity index (χ0) is 30.8. The normalized spacial score (nSPS) is 37.7. The van der Waals surface area contributed by atoms with Gasteiger partial charge in [0.15, 0.2) is 5.96 Å². The molecule has 0 heterocycles. The highest BCUT2D eigenvalue weighted by molar-refractivity contribution is 5.87. The van der Waals surface area contributed by atoms with Crippen LogP contribution in [0.5, 0.6) is 0 Å². The molecule has 0 bridgehead atoms. The monoisotopic (exact) mass is 587 g/mol. The average molecular weight is 588 g/mol. The third-order valence-electron chi connectivity index (χ3n) is 12.5. The van der Waals surface area contributed by atoms with Crippen LogP contribution in [0.25, 0.3) is 0 Å². The molecule has 0 spiro atoms. The first-order valence-corrected chi connectivity index (χ1v) is 16.7. The Morgan fingerprint density at radius 3 is 2.38 bits per heavy atom. The van der Waals surface area contributed by atoms with E-state index in [1.807, 2.05) is 13.8 Å². The number of esters is 1. The lowest BCUT2D eigenvalue weighted by atomic mass is 9.44. The average Bonchev–Trinajstić information content (AvgIpc) is 3.31. The summed E-state index contributed by atoms with van der Waals surface area (Å²) in [6.07, 6.45) is 11.3. The van der Waals surface area contributed by atoms with Gasteiger partial charge in [0.1, 0.15) is 17.9 Å². The van der Waals surface area contributed by atoms with E-state index in [1.54, 1.807) is 6.92 Å². The Hall–Kier alpha value is -2.16. The smallest absolute Gasteiger partial charge is 0.328 e. The molecule has 0 aromatic rings. The van der Waals surface area contributed by atoms with Crippen molar-refractivity contribution in [3.63, 3.8) is 0 Å². The summed E-state index contributed by atoms with van der Waals surface area (Å²) in [5.74, 6) is 2.33. The first kappa shape index (κ1) is 32.7. The third-order valence-corrected chi connectivity index (χ3v) is 12.5. The SMILES string of the molecule is CCC(C)[C@H](N)C(=O)N[C@@H](CCCNC(=N)N)C(=O)O[C@@H]1CC[C@@]2(C)[C@@H](CC[C@@H]3[C@@H]2CC[C@]2(C)[C@@H](C(C)=O)CC[C@@H]32)C1. The summed E-state index contributed by atoms with van der Waals surface area (Å²) in [5, 5.41) is 13.0. The van der Waals surface area contributed by atoms with Crippen LogP contribution in [0.1, 0.15) is 112 Å². The fourth-order valence-corrected chi connectivity index (χ4v) is 9.80. The van der Waals surface area contributed by atoms with Crippen LogP contribution >= 0.6 is 0 Å². The summed E-state index contributed by atoms with van der Waals surface area (Å²) in [6.45, 7) is 11.1. The molecule has 42 heavy (non-hydrogen) atoms. The van der Waals surface area contributed by atoms with E-state index in [4.69, 9.17) is 21.6 Å². The number of nitrogens with one attached hydrogen (secondary N) is 3. The molecule has 9 heteroatoms. The van der Waals surface area contributed by atoms with Crippen molar-refractivity contribution in [2.75, 3.05) is 6.54 Å². The molecule has 0 aliphatic heterocycles. The highest BCUT2D eigenvalue weighted by Crippen LogP contribution is 2.67. The van der Waals surface area contributed by atoms with Crippen molar-refractivity contribution in [3.05, 3.63) is 0 Å². The number of carbonyl (C=O) groups excluding carboxylic acids is 3. The van der Waals surface area contributed by atoms with E-state index in [1.165, 1.54) is 19.3 Å². The van der Waals surface area contributed by atoms with Crippen molar-refractivity contribution in [1.82, 2.24) is 10.6 Å². The van der Waals surface area contributed by atoms with Crippen LogP contribution in [0.2, 0.25) is 0 Å². The molecular formula is C33H57N5O4. The fourth-order valence-electron chi connectivity index (χ4n) is 9.80. The Kier molecular flexibility index (Phi) is 10.3. The summed E-state index contributed by atoms with van der Waals surface area (Å²) in [5.41, 5.74) is 12.0. The summed E-state index contributed by atoms with van der Waals surface area (Å²) < 4.78 is 6.14. The van der Waals surface area contributed by atoms with Crippen LogP contribution in [0, 0.1) is 51.7 Å². The number of ketones is 1. The van der Waals surface area contributed by atoms with Crippen molar-refractivity contribution < 1.29 is 19.1 Å². The summed E-state index contributed by atoms with van der Waals surface area (Å²) in [7, 11) is 0. The number of fused-ring (bicyclic) bond motifs is 5. The second-order valence-electron chi connectivity index (χ2n) is 14.7. The fraction of sp³-hybridized carbons (Fsp3) is 0.879. The Balaban J connectivity index is 1.38. The minimum Gasteiger partial charge on any atom is -0.461 e. The minimum atomic E-state index is -0.780. The first-order chi connectivity index (χ1) is 19.8. The maximum absolute atomic E-state index is 13.5. The molecule has 4 aliphatic carbocycles. The van der Waals surface area contributed by atoms with Gasteiger partial charge in [-0.05, 0) is 118 Å². The van der Waals surface area contributed by atoms with Gasteiger partial charge in [-0.2, -0.15) is 0 Å². The Labute approximate surface area is 252 Å². The molecule has 1 unspecified atom stereocenters. The number of rotatable bonds is 11. The standard InChI is InChI=1S/C33H57N5O4/c1-6-19(2)28(34)29(40)38-27(8-7-17-37-31(35)36)30(41)42-22-13-15-32(4)21(18-22)9-10-23-25-12-11-24(20(3)39)33(25,5)16-14-26(23)32/h19,21-28H,6-18,34H2,1-5H3,(H,38,40)(H4,35,36,37)/t19?,21-,22+,23-,24+,25-,26-,27-,28-,32-,33+/m0/s1. The Bertz CT molecular complexity index is 1020. The lowest BCUT2D eigenvalue weighted by Crippen LogP contribution is -2.55. The van der Waals surface area contributed by atoms with Crippen molar-refractivity contribution in [2.24, 2.45) is 57.8 Å². The lowest BCUT2D eigenvalue weighted by Gasteiger charge is -2.61. The van der Waals surface area contributed by atoms with E-state index in [0.29, 0.717) is 48.8 Å². The van der Waals surface area contributed by atoms with Gasteiger partial charge in [0.25, 0.3) is 0 Å². The lowest BCUT2D eigenvalue weighted by molar-refractivity contribution is -0.166. The van der Waals surface area contributed by atoms with E-state index in [0.717, 1.165) is 44.9 Å². The van der Waals surface area contributed by atoms with Gasteiger partial charge in [-0.15, -0.1) is 0 Å². The van der Waals surface area contributed by atoms with Crippen molar-refractivity contribution in [1.29, 1.82) is 5.41 Å². The van der Waals surface area contributed by atoms with Gasteiger partial charge in [0.05, 0.1) is 6.04 Å². The number of guanidine groups is 1. The molecule has 4 fully saturated rings. The van der Waals surface area contributed by atoms with E-state index in [9.17, 15) is 14.4 Å². The van der Waals surface area contributed by atoms with Crippen LogP contribution in [0.15, 0.2) is 0 Å². The zero-order valence-electron chi connectivity index (χ0n) is 26.7. The molecule has 4 aliphatic rings. The number of ether oxygens (including phenoxy) is 1. The van der Waals surface area contributed by atoms with Crippen LogP contribution in [0.3, 0.4) is 0 Å². The molecule has 238 valence electrons. The number of amides is 1. The molecular weight excluding hydrogens is 530 g/mol. The van der Waals surface area contributed by atoms with Gasteiger partial charge in [-0.25, -0.2) is 4.79 Å². The quantitative estimate of drug-likeness (QED) is 0.104. The summed E-state index contributed by atoms with van der Waals surface area (Å²) in [6, 6.07) is -1.47. The van der Waals surface area contributed by atoms with E-state index < -0.39 is 12.1 Å². The predicted molar refractivity (Wildman–Crippen MR) is 164 cm³/mol. The molecule has 0 saturated heterocycles. The van der Waals surface area contributed by atoms with Crippen molar-refractivity contribution in [2.45, 2.75) is 130 Å². The Morgan fingerprint density at radius 2 is 1.71 bits per heavy atom. The number of carbonyl (C=O) groups is 3. The van der Waals surface area contributed by atoms with Gasteiger partial charge in [0.2, 0.25) is 5.91 Å². The van der Waals surface area contributed by atoms with Crippen molar-refractivity contribution >= 4 is 23.6 Å². The second kappa shape index (κ2) is 13.2. The zero-order valence-corrected chi connectivity index (χ0v) is 26.7. The highest BCUT2D eigenvalue weighted by Gasteiger charge is 2.61. The first-order valence-electron chi connectivity index (χ1n) is 16.7. The second-order valence-corrected chi connectivity index (χ2v) is 14.7. The molecule has 11 atom stereocenters. The minimum absolute atomic E-state index is 0.00225. The van der Waals surface area contributed by atoms with Gasteiger partial charge in [0, 0.05) is 12.5 Å².